The van der Waals surface area contributed by atoms with Gasteiger partial charge in [0.15, 0.2) is 0 Å². The third-order valence-corrected chi connectivity index (χ3v) is 2.39. The molecule has 0 aromatic heterocycles. The largest absolute Gasteiger partial charge is 0.436 e. The van der Waals surface area contributed by atoms with Crippen LogP contribution in [0.15, 0.2) is 0 Å². The van der Waals surface area contributed by atoms with Gasteiger partial charge in [-0.15, -0.1) is 0 Å². The zero-order chi connectivity index (χ0) is 10.2. The molecule has 1 atom stereocenters. The Hall–Kier alpha value is -0.570. The molecule has 1 aliphatic rings. The van der Waals surface area contributed by atoms with E-state index < -0.39 is 0 Å². The molecule has 0 bridgehead atoms. The van der Waals surface area contributed by atoms with Gasteiger partial charge >= 0.3 is 5.97 Å². The van der Waals surface area contributed by atoms with Crippen LogP contribution in [-0.2, 0) is 14.3 Å². The first-order chi connectivity index (χ1) is 6.83. The van der Waals surface area contributed by atoms with E-state index in [4.69, 9.17) is 9.47 Å². The van der Waals surface area contributed by atoms with Gasteiger partial charge in [-0.1, -0.05) is 19.8 Å². The minimum atomic E-state index is -0.266. The van der Waals surface area contributed by atoms with Crippen LogP contribution in [-0.4, -0.2) is 18.9 Å². The number of unbranched alkanes of at least 4 members (excludes halogenated alkanes) is 2. The fourth-order valence-electron chi connectivity index (χ4n) is 1.53. The van der Waals surface area contributed by atoms with Crippen LogP contribution >= 0.6 is 0 Å². The Morgan fingerprint density at radius 1 is 1.43 bits per heavy atom. The Morgan fingerprint density at radius 2 is 2.29 bits per heavy atom. The molecule has 1 heterocycles. The summed E-state index contributed by atoms with van der Waals surface area (Å²) in [5, 5.41) is 0. The predicted molar refractivity (Wildman–Crippen MR) is 53.8 cm³/mol. The lowest BCUT2D eigenvalue weighted by molar-refractivity contribution is -0.186. The number of hydrogen-bond donors (Lipinski definition) is 0. The molecule has 0 N–H and O–H groups in total. The van der Waals surface area contributed by atoms with Crippen molar-refractivity contribution >= 4 is 5.97 Å². The van der Waals surface area contributed by atoms with E-state index in [-0.39, 0.29) is 12.3 Å². The van der Waals surface area contributed by atoms with Crippen LogP contribution in [0.1, 0.15) is 51.9 Å². The Balaban J connectivity index is 2.06. The van der Waals surface area contributed by atoms with Crippen molar-refractivity contribution in [2.75, 3.05) is 6.61 Å². The standard InChI is InChI=1S/C11H20O3/c1-2-3-4-7-10(12)14-11-8-5-6-9-13-11/h11H,2-9H2,1H3. The number of ether oxygens (including phenoxy) is 2. The van der Waals surface area contributed by atoms with E-state index in [2.05, 4.69) is 6.92 Å². The van der Waals surface area contributed by atoms with Gasteiger partial charge in [-0.3, -0.25) is 4.79 Å². The first-order valence-corrected chi connectivity index (χ1v) is 5.64. The minimum absolute atomic E-state index is 0.106. The monoisotopic (exact) mass is 200 g/mol. The second-order valence-corrected chi connectivity index (χ2v) is 3.74. The van der Waals surface area contributed by atoms with E-state index in [0.29, 0.717) is 6.42 Å². The van der Waals surface area contributed by atoms with Gasteiger partial charge < -0.3 is 9.47 Å². The highest BCUT2D eigenvalue weighted by molar-refractivity contribution is 5.69. The van der Waals surface area contributed by atoms with Crippen molar-refractivity contribution < 1.29 is 14.3 Å². The van der Waals surface area contributed by atoms with Crippen LogP contribution < -0.4 is 0 Å². The lowest BCUT2D eigenvalue weighted by Crippen LogP contribution is -2.25. The number of hydrogen-bond acceptors (Lipinski definition) is 3. The summed E-state index contributed by atoms with van der Waals surface area (Å²) in [6.45, 7) is 2.85. The first-order valence-electron chi connectivity index (χ1n) is 5.64. The maximum atomic E-state index is 11.3. The van der Waals surface area contributed by atoms with Crippen molar-refractivity contribution in [3.63, 3.8) is 0 Å². The lowest BCUT2D eigenvalue weighted by atomic mass is 10.2. The summed E-state index contributed by atoms with van der Waals surface area (Å²) in [5.74, 6) is -0.106. The van der Waals surface area contributed by atoms with Gasteiger partial charge in [0.05, 0.1) is 6.61 Å². The van der Waals surface area contributed by atoms with Crippen LogP contribution in [0.4, 0.5) is 0 Å². The van der Waals surface area contributed by atoms with E-state index in [1.54, 1.807) is 0 Å². The molecular weight excluding hydrogens is 180 g/mol. The van der Waals surface area contributed by atoms with Crippen LogP contribution in [0.2, 0.25) is 0 Å². The topological polar surface area (TPSA) is 35.5 Å². The van der Waals surface area contributed by atoms with Gasteiger partial charge in [0.25, 0.3) is 0 Å². The molecule has 82 valence electrons. The number of carbonyl (C=O) groups excluding carboxylic acids is 1. The second-order valence-electron chi connectivity index (χ2n) is 3.74. The van der Waals surface area contributed by atoms with Crippen LogP contribution in [0.5, 0.6) is 0 Å². The Bertz CT molecular complexity index is 162. The van der Waals surface area contributed by atoms with Crippen LogP contribution in [0, 0.1) is 0 Å². The molecule has 0 aromatic rings. The van der Waals surface area contributed by atoms with Gasteiger partial charge in [-0.25, -0.2) is 0 Å². The molecule has 1 fully saturated rings. The summed E-state index contributed by atoms with van der Waals surface area (Å²) in [6, 6.07) is 0. The Morgan fingerprint density at radius 3 is 2.93 bits per heavy atom. The molecule has 1 aliphatic heterocycles. The van der Waals surface area contributed by atoms with Crippen molar-refractivity contribution in [3.8, 4) is 0 Å². The summed E-state index contributed by atoms with van der Waals surface area (Å²) >= 11 is 0. The van der Waals surface area contributed by atoms with E-state index in [9.17, 15) is 4.79 Å². The maximum Gasteiger partial charge on any atom is 0.308 e. The molecule has 0 aliphatic carbocycles. The van der Waals surface area contributed by atoms with Gasteiger partial charge in [0.1, 0.15) is 0 Å². The first kappa shape index (κ1) is 11.5. The normalized spacial score (nSPS) is 21.9. The average molecular weight is 200 g/mol. The summed E-state index contributed by atoms with van der Waals surface area (Å²) in [7, 11) is 0. The molecule has 0 saturated carbocycles. The highest BCUT2D eigenvalue weighted by Gasteiger charge is 2.17. The second kappa shape index (κ2) is 6.82. The molecule has 0 radical (unpaired) electrons. The summed E-state index contributed by atoms with van der Waals surface area (Å²) < 4.78 is 10.5. The molecule has 1 rings (SSSR count). The Labute approximate surface area is 85.8 Å². The van der Waals surface area contributed by atoms with Gasteiger partial charge in [0.2, 0.25) is 6.29 Å². The molecular formula is C11H20O3. The van der Waals surface area contributed by atoms with E-state index >= 15 is 0 Å². The number of rotatable bonds is 5. The molecule has 14 heavy (non-hydrogen) atoms. The molecule has 0 amide bonds. The third-order valence-electron chi connectivity index (χ3n) is 2.39. The lowest BCUT2D eigenvalue weighted by Gasteiger charge is -2.22. The van der Waals surface area contributed by atoms with Crippen molar-refractivity contribution in [3.05, 3.63) is 0 Å². The predicted octanol–water partition coefficient (Wildman–Crippen LogP) is 2.64. The molecule has 0 aromatic carbocycles. The highest BCUT2D eigenvalue weighted by atomic mass is 16.7. The van der Waals surface area contributed by atoms with Crippen LogP contribution in [0.25, 0.3) is 0 Å². The summed E-state index contributed by atoms with van der Waals surface area (Å²) in [6.07, 6.45) is 6.48. The quantitative estimate of drug-likeness (QED) is 0.505. The number of carbonyl (C=O) groups is 1. The van der Waals surface area contributed by atoms with Crippen molar-refractivity contribution in [1.82, 2.24) is 0 Å². The van der Waals surface area contributed by atoms with E-state index in [1.807, 2.05) is 0 Å². The molecule has 1 saturated heterocycles. The third kappa shape index (κ3) is 4.61. The van der Waals surface area contributed by atoms with Gasteiger partial charge in [-0.05, 0) is 19.3 Å². The van der Waals surface area contributed by atoms with Gasteiger partial charge in [0, 0.05) is 12.8 Å². The fourth-order valence-corrected chi connectivity index (χ4v) is 1.53. The van der Waals surface area contributed by atoms with Crippen molar-refractivity contribution in [2.24, 2.45) is 0 Å². The smallest absolute Gasteiger partial charge is 0.308 e. The number of esters is 1. The zero-order valence-electron chi connectivity index (χ0n) is 8.96. The van der Waals surface area contributed by atoms with Crippen LogP contribution in [0.3, 0.4) is 0 Å². The van der Waals surface area contributed by atoms with Crippen molar-refractivity contribution in [1.29, 1.82) is 0 Å². The SMILES string of the molecule is CCCCCC(=O)OC1CCCCO1. The summed E-state index contributed by atoms with van der Waals surface area (Å²) in [5.41, 5.74) is 0. The average Bonchev–Trinajstić information content (AvgIpc) is 2.20. The minimum Gasteiger partial charge on any atom is -0.436 e. The van der Waals surface area contributed by atoms with E-state index in [1.165, 1.54) is 0 Å². The molecule has 1 unspecified atom stereocenters. The molecule has 0 spiro atoms. The van der Waals surface area contributed by atoms with Crippen molar-refractivity contribution in [2.45, 2.75) is 58.2 Å². The zero-order valence-corrected chi connectivity index (χ0v) is 8.96. The fraction of sp³-hybridized carbons (Fsp3) is 0.909. The van der Waals surface area contributed by atoms with Gasteiger partial charge in [-0.2, -0.15) is 0 Å². The maximum absolute atomic E-state index is 11.3. The highest BCUT2D eigenvalue weighted by Crippen LogP contribution is 2.14. The molecule has 3 heteroatoms. The summed E-state index contributed by atoms with van der Waals surface area (Å²) in [4.78, 5) is 11.3. The molecule has 3 nitrogen and oxygen atoms in total. The Kier molecular flexibility index (Phi) is 5.60. The van der Waals surface area contributed by atoms with E-state index in [0.717, 1.165) is 45.1 Å².